The van der Waals surface area contributed by atoms with Crippen molar-refractivity contribution in [3.63, 3.8) is 0 Å². The number of thiocarbonyl (C=S) groups is 1. The monoisotopic (exact) mass is 202 g/mol. The minimum absolute atomic E-state index is 0.451. The third-order valence-electron chi connectivity index (χ3n) is 0.870. The van der Waals surface area contributed by atoms with Gasteiger partial charge in [-0.3, -0.25) is 4.98 Å². The van der Waals surface area contributed by atoms with Gasteiger partial charge >= 0.3 is 0 Å². The van der Waals surface area contributed by atoms with Crippen LogP contribution in [0.3, 0.4) is 0 Å². The minimum Gasteiger partial charge on any atom is -0.384 e. The third kappa shape index (κ3) is 3.60. The van der Waals surface area contributed by atoms with Gasteiger partial charge in [-0.15, -0.1) is 0 Å². The van der Waals surface area contributed by atoms with Crippen LogP contribution in [0.2, 0.25) is 0 Å². The summed E-state index contributed by atoms with van der Waals surface area (Å²) >= 11 is 4.70. The summed E-state index contributed by atoms with van der Waals surface area (Å²) in [4.78, 5) is 4.99. The highest BCUT2D eigenvalue weighted by molar-refractivity contribution is 8.83. The topological polar surface area (TPSA) is 38.9 Å². The molecule has 1 aromatic heterocycles. The predicted octanol–water partition coefficient (Wildman–Crippen LogP) is 2.07. The average molecular weight is 202 g/mol. The molecule has 0 amide bonds. The van der Waals surface area contributed by atoms with Crippen LogP contribution in [0, 0.1) is 0 Å². The molecule has 1 heterocycles. The zero-order chi connectivity index (χ0) is 8.10. The highest BCUT2D eigenvalue weighted by atomic mass is 33.1. The lowest BCUT2D eigenvalue weighted by molar-refractivity contribution is 1.27. The molecule has 58 valence electrons. The lowest BCUT2D eigenvalue weighted by atomic mass is 10.5. The van der Waals surface area contributed by atoms with Crippen LogP contribution in [-0.2, 0) is 0 Å². The molecule has 0 atom stereocenters. The molecule has 5 heteroatoms. The van der Waals surface area contributed by atoms with Gasteiger partial charge in [0, 0.05) is 17.3 Å². The summed E-state index contributed by atoms with van der Waals surface area (Å²) in [5.74, 6) is 0. The summed E-state index contributed by atoms with van der Waals surface area (Å²) in [7, 11) is 2.92. The molecule has 0 unspecified atom stereocenters. The van der Waals surface area contributed by atoms with Crippen LogP contribution in [0.15, 0.2) is 29.4 Å². The molecular formula is C6H6N2S3. The first-order valence-electron chi connectivity index (χ1n) is 2.83. The van der Waals surface area contributed by atoms with Crippen LogP contribution in [0.1, 0.15) is 0 Å². The van der Waals surface area contributed by atoms with Gasteiger partial charge in [0.1, 0.15) is 4.32 Å². The summed E-state index contributed by atoms with van der Waals surface area (Å²) in [6, 6.07) is 3.83. The Morgan fingerprint density at radius 1 is 1.45 bits per heavy atom. The number of hydrogen-bond donors (Lipinski definition) is 1. The van der Waals surface area contributed by atoms with Crippen molar-refractivity contribution in [2.24, 2.45) is 5.73 Å². The number of hydrogen-bond acceptors (Lipinski definition) is 4. The van der Waals surface area contributed by atoms with Crippen LogP contribution in [0.25, 0.3) is 0 Å². The first-order valence-corrected chi connectivity index (χ1v) is 5.39. The van der Waals surface area contributed by atoms with Gasteiger partial charge in [0.25, 0.3) is 0 Å². The van der Waals surface area contributed by atoms with Crippen LogP contribution in [-0.4, -0.2) is 9.30 Å². The molecule has 0 fully saturated rings. The Labute approximate surface area is 78.4 Å². The largest absolute Gasteiger partial charge is 0.384 e. The zero-order valence-corrected chi connectivity index (χ0v) is 8.01. The van der Waals surface area contributed by atoms with Gasteiger partial charge in [0.2, 0.25) is 0 Å². The van der Waals surface area contributed by atoms with E-state index in [-0.39, 0.29) is 0 Å². The van der Waals surface area contributed by atoms with Crippen molar-refractivity contribution >= 4 is 38.1 Å². The van der Waals surface area contributed by atoms with Crippen LogP contribution < -0.4 is 5.73 Å². The van der Waals surface area contributed by atoms with E-state index < -0.39 is 0 Å². The summed E-state index contributed by atoms with van der Waals surface area (Å²) in [5, 5.41) is 0. The van der Waals surface area contributed by atoms with Gasteiger partial charge in [0.15, 0.2) is 0 Å². The Morgan fingerprint density at radius 3 is 2.64 bits per heavy atom. The molecule has 1 rings (SSSR count). The molecule has 1 aromatic rings. The summed E-state index contributed by atoms with van der Waals surface area (Å²) in [6.45, 7) is 0. The number of rotatable bonds is 2. The minimum atomic E-state index is 0.451. The number of nitrogens with two attached hydrogens (primary N) is 1. The van der Waals surface area contributed by atoms with E-state index in [0.29, 0.717) is 4.32 Å². The summed E-state index contributed by atoms with van der Waals surface area (Å²) in [5.41, 5.74) is 5.30. The normalized spacial score (nSPS) is 9.45. The zero-order valence-electron chi connectivity index (χ0n) is 5.56. The summed E-state index contributed by atoms with van der Waals surface area (Å²) in [6.07, 6.45) is 3.48. The Bertz CT molecular complexity index is 237. The van der Waals surface area contributed by atoms with Gasteiger partial charge < -0.3 is 5.73 Å². The molecule has 0 radical (unpaired) electrons. The van der Waals surface area contributed by atoms with E-state index in [1.165, 1.54) is 21.6 Å². The lowest BCUT2D eigenvalue weighted by Gasteiger charge is -1.95. The SMILES string of the molecule is NC(=S)SSc1ccncc1. The van der Waals surface area contributed by atoms with E-state index >= 15 is 0 Å². The molecule has 0 bridgehead atoms. The Morgan fingerprint density at radius 2 is 2.09 bits per heavy atom. The van der Waals surface area contributed by atoms with Crippen molar-refractivity contribution in [3.8, 4) is 0 Å². The molecule has 11 heavy (non-hydrogen) atoms. The maximum Gasteiger partial charge on any atom is 0.142 e. The van der Waals surface area contributed by atoms with Gasteiger partial charge in [0.05, 0.1) is 0 Å². The Hall–Kier alpha value is -0.260. The Kier molecular flexibility index (Phi) is 3.68. The molecule has 0 aliphatic carbocycles. The molecule has 0 aliphatic heterocycles. The second-order valence-electron chi connectivity index (χ2n) is 1.67. The molecule has 0 saturated carbocycles. The smallest absolute Gasteiger partial charge is 0.142 e. The van der Waals surface area contributed by atoms with Crippen LogP contribution >= 0.6 is 33.8 Å². The van der Waals surface area contributed by atoms with E-state index in [1.54, 1.807) is 12.4 Å². The number of aromatic nitrogens is 1. The second-order valence-corrected chi connectivity index (χ2v) is 4.61. The number of nitrogens with zero attached hydrogens (tertiary/aromatic N) is 1. The first kappa shape index (κ1) is 8.83. The van der Waals surface area contributed by atoms with Crippen molar-refractivity contribution < 1.29 is 0 Å². The van der Waals surface area contributed by atoms with Crippen LogP contribution in [0.4, 0.5) is 0 Å². The molecule has 0 aliphatic rings. The van der Waals surface area contributed by atoms with Gasteiger partial charge in [-0.25, -0.2) is 0 Å². The summed E-state index contributed by atoms with van der Waals surface area (Å²) < 4.78 is 0.451. The fourth-order valence-electron chi connectivity index (χ4n) is 0.483. The fraction of sp³-hybridized carbons (Fsp3) is 0. The third-order valence-corrected chi connectivity index (χ3v) is 3.51. The second kappa shape index (κ2) is 4.58. The molecule has 0 aromatic carbocycles. The van der Waals surface area contributed by atoms with Gasteiger partial charge in [-0.1, -0.05) is 23.0 Å². The van der Waals surface area contributed by atoms with Crippen molar-refractivity contribution in [2.75, 3.05) is 0 Å². The van der Waals surface area contributed by atoms with Crippen molar-refractivity contribution in [1.29, 1.82) is 0 Å². The maximum absolute atomic E-state index is 5.30. The van der Waals surface area contributed by atoms with E-state index in [1.807, 2.05) is 12.1 Å². The van der Waals surface area contributed by atoms with E-state index in [0.717, 1.165) is 4.90 Å². The Balaban J connectivity index is 2.45. The lowest BCUT2D eigenvalue weighted by Crippen LogP contribution is -1.98. The van der Waals surface area contributed by atoms with Crippen LogP contribution in [0.5, 0.6) is 0 Å². The quantitative estimate of drug-likeness (QED) is 0.587. The van der Waals surface area contributed by atoms with Crippen molar-refractivity contribution in [1.82, 2.24) is 4.98 Å². The molecule has 0 spiro atoms. The fourth-order valence-corrected chi connectivity index (χ4v) is 2.07. The maximum atomic E-state index is 5.30. The standard InChI is InChI=1S/C6H6N2S3/c7-6(9)11-10-5-1-3-8-4-2-5/h1-4H,(H2,7,9). The van der Waals surface area contributed by atoms with Gasteiger partial charge in [-0.2, -0.15) is 0 Å². The van der Waals surface area contributed by atoms with Gasteiger partial charge in [-0.05, 0) is 22.9 Å². The highest BCUT2D eigenvalue weighted by Gasteiger charge is 1.93. The van der Waals surface area contributed by atoms with E-state index in [4.69, 9.17) is 18.0 Å². The molecule has 2 nitrogen and oxygen atoms in total. The molecule has 2 N–H and O–H groups in total. The average Bonchev–Trinajstić information content (AvgIpc) is 2.03. The molecular weight excluding hydrogens is 196 g/mol. The van der Waals surface area contributed by atoms with Crippen molar-refractivity contribution in [2.45, 2.75) is 4.90 Å². The highest BCUT2D eigenvalue weighted by Crippen LogP contribution is 2.29. The molecule has 0 saturated heterocycles. The van der Waals surface area contributed by atoms with Crippen molar-refractivity contribution in [3.05, 3.63) is 24.5 Å². The van der Waals surface area contributed by atoms with E-state index in [2.05, 4.69) is 4.98 Å². The van der Waals surface area contributed by atoms with E-state index in [9.17, 15) is 0 Å². The first-order chi connectivity index (χ1) is 5.29. The number of pyridine rings is 1. The predicted molar refractivity (Wildman–Crippen MR) is 54.5 cm³/mol.